The Hall–Kier alpha value is -3.68. The molecule has 150 valence electrons. The summed E-state index contributed by atoms with van der Waals surface area (Å²) in [7, 11) is 0. The minimum absolute atomic E-state index is 0.0699. The number of halogens is 2. The molecule has 0 unspecified atom stereocenters. The number of aryl methyl sites for hydroxylation is 1. The predicted molar refractivity (Wildman–Crippen MR) is 109 cm³/mol. The average Bonchev–Trinajstić information content (AvgIpc) is 2.74. The second-order valence-corrected chi connectivity index (χ2v) is 7.42. The van der Waals surface area contributed by atoms with Gasteiger partial charge < -0.3 is 4.42 Å². The third-order valence-electron chi connectivity index (χ3n) is 5.13. The van der Waals surface area contributed by atoms with E-state index in [1.54, 1.807) is 19.2 Å². The molecule has 0 N–H and O–H groups in total. The minimum atomic E-state index is -0.735. The zero-order valence-corrected chi connectivity index (χ0v) is 16.4. The van der Waals surface area contributed by atoms with Crippen LogP contribution in [0.2, 0.25) is 0 Å². The van der Waals surface area contributed by atoms with E-state index < -0.39 is 17.3 Å². The fraction of sp³-hybridized carbons (Fsp3) is 0.182. The van der Waals surface area contributed by atoms with Crippen LogP contribution >= 0.6 is 0 Å². The van der Waals surface area contributed by atoms with Crippen molar-refractivity contribution in [1.82, 2.24) is 19.4 Å². The number of aromatic nitrogens is 4. The van der Waals surface area contributed by atoms with Crippen LogP contribution in [0.1, 0.15) is 31.2 Å². The second kappa shape index (κ2) is 6.41. The normalized spacial score (nSPS) is 11.9. The lowest BCUT2D eigenvalue weighted by Gasteiger charge is -2.10. The van der Waals surface area contributed by atoms with Crippen molar-refractivity contribution in [2.24, 2.45) is 0 Å². The summed E-state index contributed by atoms with van der Waals surface area (Å²) in [5.41, 5.74) is 0.964. The predicted octanol–water partition coefficient (Wildman–Crippen LogP) is 4.81. The molecule has 1 aromatic carbocycles. The van der Waals surface area contributed by atoms with Crippen LogP contribution in [0, 0.1) is 18.6 Å². The molecule has 8 heteroatoms. The van der Waals surface area contributed by atoms with Crippen LogP contribution in [0.5, 0.6) is 0 Å². The highest BCUT2D eigenvalue weighted by Crippen LogP contribution is 2.30. The van der Waals surface area contributed by atoms with Crippen molar-refractivity contribution < 1.29 is 13.2 Å². The van der Waals surface area contributed by atoms with E-state index in [0.717, 1.165) is 0 Å². The molecule has 0 atom stereocenters. The Balaban J connectivity index is 2.30. The van der Waals surface area contributed by atoms with Gasteiger partial charge in [-0.05, 0) is 31.0 Å². The number of rotatable bonds is 1. The van der Waals surface area contributed by atoms with Gasteiger partial charge in [0.25, 0.3) is 0 Å². The summed E-state index contributed by atoms with van der Waals surface area (Å²) in [5, 5.41) is 0.237. The van der Waals surface area contributed by atoms with Crippen molar-refractivity contribution in [2.75, 3.05) is 0 Å². The van der Waals surface area contributed by atoms with Gasteiger partial charge in [-0.25, -0.2) is 23.0 Å². The highest BCUT2D eigenvalue weighted by molar-refractivity contribution is 5.97. The number of hydrogen-bond donors (Lipinski definition) is 0. The molecule has 0 saturated heterocycles. The Bertz CT molecular complexity index is 1590. The molecule has 0 aliphatic heterocycles. The molecule has 0 aliphatic carbocycles. The molecule has 5 rings (SSSR count). The van der Waals surface area contributed by atoms with Gasteiger partial charge in [0.05, 0.1) is 16.8 Å². The molecule has 2 bridgehead atoms. The van der Waals surface area contributed by atoms with Gasteiger partial charge >= 0.3 is 5.69 Å². The molecule has 6 nitrogen and oxygen atoms in total. The van der Waals surface area contributed by atoms with Crippen LogP contribution in [-0.4, -0.2) is 19.4 Å². The van der Waals surface area contributed by atoms with Crippen LogP contribution in [0.4, 0.5) is 8.78 Å². The lowest BCUT2D eigenvalue weighted by Crippen LogP contribution is -2.20. The number of fused-ring (bicyclic) bond motifs is 5. The molecule has 5 aromatic rings. The van der Waals surface area contributed by atoms with Gasteiger partial charge in [0.1, 0.15) is 22.4 Å². The van der Waals surface area contributed by atoms with Crippen LogP contribution in [0.25, 0.3) is 38.6 Å². The molecular weight excluding hydrogens is 390 g/mol. The summed E-state index contributed by atoms with van der Waals surface area (Å²) in [6.45, 7) is 5.46. The first-order chi connectivity index (χ1) is 14.4. The summed E-state index contributed by atoms with van der Waals surface area (Å²) >= 11 is 0. The molecule has 0 fully saturated rings. The molecule has 0 spiro atoms. The van der Waals surface area contributed by atoms with Gasteiger partial charge in [0, 0.05) is 17.6 Å². The first-order valence-electron chi connectivity index (χ1n) is 9.42. The van der Waals surface area contributed by atoms with Gasteiger partial charge in [-0.2, -0.15) is 4.98 Å². The molecule has 0 radical (unpaired) electrons. The fourth-order valence-corrected chi connectivity index (χ4v) is 3.76. The Morgan fingerprint density at radius 3 is 2.63 bits per heavy atom. The average molecular weight is 406 g/mol. The maximum atomic E-state index is 15.1. The third kappa shape index (κ3) is 2.53. The van der Waals surface area contributed by atoms with Gasteiger partial charge in [-0.1, -0.05) is 19.9 Å². The van der Waals surface area contributed by atoms with E-state index in [9.17, 15) is 9.18 Å². The number of hydrogen-bond acceptors (Lipinski definition) is 5. The number of benzene rings is 1. The zero-order valence-electron chi connectivity index (χ0n) is 16.4. The largest absolute Gasteiger partial charge is 0.454 e. The van der Waals surface area contributed by atoms with E-state index in [0.29, 0.717) is 22.3 Å². The topological polar surface area (TPSA) is 73.3 Å². The molecule has 4 aromatic heterocycles. The summed E-state index contributed by atoms with van der Waals surface area (Å²) < 4.78 is 37.2. The Kier molecular flexibility index (Phi) is 3.92. The smallest absolute Gasteiger partial charge is 0.354 e. The Morgan fingerprint density at radius 1 is 1.07 bits per heavy atom. The highest BCUT2D eigenvalue weighted by atomic mass is 19.1. The van der Waals surface area contributed by atoms with E-state index in [-0.39, 0.29) is 33.6 Å². The lowest BCUT2D eigenvalue weighted by molar-refractivity contribution is 0.621. The second-order valence-electron chi connectivity index (χ2n) is 7.42. The highest BCUT2D eigenvalue weighted by Gasteiger charge is 2.19. The van der Waals surface area contributed by atoms with E-state index in [2.05, 4.69) is 15.0 Å². The maximum absolute atomic E-state index is 15.1. The first-order valence-corrected chi connectivity index (χ1v) is 9.42. The summed E-state index contributed by atoms with van der Waals surface area (Å²) in [6, 6.07) is 7.02. The van der Waals surface area contributed by atoms with Gasteiger partial charge in [0.2, 0.25) is 0 Å². The number of nitrogens with zero attached hydrogens (tertiary/aromatic N) is 4. The zero-order chi connectivity index (χ0) is 21.2. The van der Waals surface area contributed by atoms with Crippen LogP contribution in [0.15, 0.2) is 45.7 Å². The van der Waals surface area contributed by atoms with Crippen molar-refractivity contribution in [3.63, 3.8) is 0 Å². The molecular formula is C22H16F2N4O2. The van der Waals surface area contributed by atoms with E-state index in [1.165, 1.54) is 28.7 Å². The molecule has 4 heterocycles. The van der Waals surface area contributed by atoms with E-state index in [1.807, 2.05) is 13.8 Å². The van der Waals surface area contributed by atoms with Crippen molar-refractivity contribution >= 4 is 38.6 Å². The molecule has 0 aliphatic rings. The van der Waals surface area contributed by atoms with Crippen molar-refractivity contribution in [3.05, 3.63) is 70.0 Å². The minimum Gasteiger partial charge on any atom is -0.454 e. The van der Waals surface area contributed by atoms with Crippen LogP contribution < -0.4 is 5.69 Å². The first kappa shape index (κ1) is 18.4. The van der Waals surface area contributed by atoms with Crippen molar-refractivity contribution in [3.8, 4) is 0 Å². The number of pyridine rings is 2. The fourth-order valence-electron chi connectivity index (χ4n) is 3.76. The Morgan fingerprint density at radius 2 is 1.87 bits per heavy atom. The van der Waals surface area contributed by atoms with Crippen LogP contribution in [-0.2, 0) is 0 Å². The molecule has 30 heavy (non-hydrogen) atoms. The standard InChI is InChI=1S/C22H16F2N4O2/c1-10(2)18-20-16(7-8-25-18)30-15-6-4-5-13(23)17(15)19-14(24)9-12-11(3)26-22(29)28(20)21(12)27-19/h4-10H,1-3H3. The molecule has 0 saturated carbocycles. The lowest BCUT2D eigenvalue weighted by atomic mass is 10.1. The summed E-state index contributed by atoms with van der Waals surface area (Å²) in [4.78, 5) is 25.9. The Labute approximate surface area is 168 Å². The maximum Gasteiger partial charge on any atom is 0.354 e. The summed E-state index contributed by atoms with van der Waals surface area (Å²) in [6.07, 6.45) is 1.55. The van der Waals surface area contributed by atoms with Crippen molar-refractivity contribution in [1.29, 1.82) is 0 Å². The van der Waals surface area contributed by atoms with Gasteiger partial charge in [0.15, 0.2) is 17.0 Å². The van der Waals surface area contributed by atoms with E-state index >= 15 is 4.39 Å². The van der Waals surface area contributed by atoms with Crippen molar-refractivity contribution in [2.45, 2.75) is 26.7 Å². The molecule has 0 amide bonds. The van der Waals surface area contributed by atoms with E-state index in [4.69, 9.17) is 4.42 Å². The summed E-state index contributed by atoms with van der Waals surface area (Å²) in [5.74, 6) is -1.49. The third-order valence-corrected chi connectivity index (χ3v) is 5.13. The van der Waals surface area contributed by atoms with Gasteiger partial charge in [-0.15, -0.1) is 0 Å². The SMILES string of the molecule is Cc1nc(=O)n2c3nc(c(F)cc13)c1c(F)cccc1oc1ccnc(C(C)C)c12. The quantitative estimate of drug-likeness (QED) is 0.399. The van der Waals surface area contributed by atoms with Crippen LogP contribution in [0.3, 0.4) is 0 Å². The van der Waals surface area contributed by atoms with Gasteiger partial charge in [-0.3, -0.25) is 4.98 Å². The monoisotopic (exact) mass is 406 g/mol.